The van der Waals surface area contributed by atoms with Gasteiger partial charge >= 0.3 is 0 Å². The van der Waals surface area contributed by atoms with E-state index in [-0.39, 0.29) is 11.8 Å². The number of nitrogens with zero attached hydrogens (tertiary/aromatic N) is 3. The van der Waals surface area contributed by atoms with Gasteiger partial charge in [0, 0.05) is 35.5 Å². The first kappa shape index (κ1) is 17.6. The first-order chi connectivity index (χ1) is 14.2. The van der Waals surface area contributed by atoms with E-state index in [1.54, 1.807) is 24.5 Å². The van der Waals surface area contributed by atoms with Crippen LogP contribution in [-0.4, -0.2) is 27.4 Å². The summed E-state index contributed by atoms with van der Waals surface area (Å²) >= 11 is 0. The molecule has 1 aromatic heterocycles. The average Bonchev–Trinajstić information content (AvgIpc) is 3.20. The summed E-state index contributed by atoms with van der Waals surface area (Å²) in [5.74, 6) is 1.73. The summed E-state index contributed by atoms with van der Waals surface area (Å²) in [5, 5.41) is 16.8. The van der Waals surface area contributed by atoms with E-state index in [2.05, 4.69) is 11.1 Å². The summed E-state index contributed by atoms with van der Waals surface area (Å²) in [6.45, 7) is 2.53. The number of phenols is 1. The normalized spacial score (nSPS) is 19.8. The van der Waals surface area contributed by atoms with Crippen LogP contribution in [0.15, 0.2) is 72.1 Å². The number of benzene rings is 2. The first-order valence-corrected chi connectivity index (χ1v) is 9.72. The van der Waals surface area contributed by atoms with E-state index in [9.17, 15) is 5.11 Å². The van der Waals surface area contributed by atoms with Crippen LogP contribution in [0, 0.1) is 0 Å². The number of aromatic nitrogens is 1. The third-order valence-electron chi connectivity index (χ3n) is 5.23. The molecule has 3 aromatic rings. The molecule has 29 heavy (non-hydrogen) atoms. The number of hydrazone groups is 1. The fraction of sp³-hybridized carbons (Fsp3) is 0.217. The summed E-state index contributed by atoms with van der Waals surface area (Å²) < 4.78 is 12.3. The van der Waals surface area contributed by atoms with Crippen molar-refractivity contribution in [3.05, 3.63) is 83.7 Å². The van der Waals surface area contributed by atoms with Crippen molar-refractivity contribution in [1.29, 1.82) is 0 Å². The topological polar surface area (TPSA) is 67.2 Å². The van der Waals surface area contributed by atoms with Gasteiger partial charge in [-0.15, -0.1) is 0 Å². The molecule has 6 nitrogen and oxygen atoms in total. The lowest BCUT2D eigenvalue weighted by atomic mass is 9.95. The molecule has 2 aromatic carbocycles. The molecule has 0 saturated heterocycles. The number of aromatic hydroxyl groups is 1. The average molecular weight is 387 g/mol. The van der Waals surface area contributed by atoms with Gasteiger partial charge in [-0.05, 0) is 31.2 Å². The number of rotatable bonds is 4. The minimum absolute atomic E-state index is 0.0155. The molecule has 0 fully saturated rings. The molecule has 2 aliphatic rings. The lowest BCUT2D eigenvalue weighted by Crippen LogP contribution is -2.34. The second-order valence-corrected chi connectivity index (χ2v) is 7.06. The van der Waals surface area contributed by atoms with E-state index in [1.165, 1.54) is 0 Å². The van der Waals surface area contributed by atoms with Crippen molar-refractivity contribution >= 4 is 5.71 Å². The third kappa shape index (κ3) is 3.06. The van der Waals surface area contributed by atoms with E-state index < -0.39 is 6.23 Å². The lowest BCUT2D eigenvalue weighted by molar-refractivity contribution is -0.0214. The fourth-order valence-electron chi connectivity index (χ4n) is 3.95. The molecule has 6 heteroatoms. The summed E-state index contributed by atoms with van der Waals surface area (Å²) in [6.07, 6.45) is 3.86. The van der Waals surface area contributed by atoms with Crippen molar-refractivity contribution < 1.29 is 14.6 Å². The zero-order chi connectivity index (χ0) is 19.8. The van der Waals surface area contributed by atoms with Crippen LogP contribution in [0.5, 0.6) is 17.2 Å². The molecule has 0 amide bonds. The Hall–Kier alpha value is -3.54. The Morgan fingerprint density at radius 2 is 2.07 bits per heavy atom. The van der Waals surface area contributed by atoms with Crippen LogP contribution < -0.4 is 9.47 Å². The Morgan fingerprint density at radius 3 is 2.86 bits per heavy atom. The predicted molar refractivity (Wildman–Crippen MR) is 109 cm³/mol. The highest BCUT2D eigenvalue weighted by atomic mass is 16.5. The minimum atomic E-state index is -0.405. The smallest absolute Gasteiger partial charge is 0.215 e. The minimum Gasteiger partial charge on any atom is -0.508 e. The van der Waals surface area contributed by atoms with Gasteiger partial charge in [0.15, 0.2) is 11.5 Å². The number of pyridine rings is 1. The number of hydrogen-bond donors (Lipinski definition) is 1. The molecule has 0 radical (unpaired) electrons. The Balaban J connectivity index is 1.61. The fourth-order valence-corrected chi connectivity index (χ4v) is 3.95. The second kappa shape index (κ2) is 7.13. The van der Waals surface area contributed by atoms with Gasteiger partial charge in [-0.25, -0.2) is 5.01 Å². The molecule has 0 aliphatic carbocycles. The molecule has 0 unspecified atom stereocenters. The van der Waals surface area contributed by atoms with Crippen molar-refractivity contribution in [2.45, 2.75) is 25.6 Å². The molecular formula is C23H21N3O3. The molecule has 146 valence electrons. The zero-order valence-corrected chi connectivity index (χ0v) is 16.0. The van der Waals surface area contributed by atoms with Gasteiger partial charge in [0.2, 0.25) is 6.23 Å². The summed E-state index contributed by atoms with van der Waals surface area (Å²) in [4.78, 5) is 4.26. The molecule has 0 spiro atoms. The van der Waals surface area contributed by atoms with E-state index in [0.717, 1.165) is 33.9 Å². The predicted octanol–water partition coefficient (Wildman–Crippen LogP) is 4.43. The maximum absolute atomic E-state index is 9.90. The SMILES string of the molecule is CCOc1cccc2c1O[C@H](c1cccnc1)N1N=C(c3cccc(O)c3)C[C@@H]21. The highest BCUT2D eigenvalue weighted by Gasteiger charge is 2.42. The lowest BCUT2D eigenvalue weighted by Gasteiger charge is -2.38. The van der Waals surface area contributed by atoms with Crippen molar-refractivity contribution in [2.75, 3.05) is 6.61 Å². The Bertz CT molecular complexity index is 1070. The Labute approximate surface area is 169 Å². The first-order valence-electron chi connectivity index (χ1n) is 9.72. The van der Waals surface area contributed by atoms with Gasteiger partial charge in [-0.3, -0.25) is 4.98 Å². The number of phenolic OH excluding ortho intramolecular Hbond substituents is 1. The van der Waals surface area contributed by atoms with Crippen LogP contribution >= 0.6 is 0 Å². The largest absolute Gasteiger partial charge is 0.508 e. The second-order valence-electron chi connectivity index (χ2n) is 7.06. The summed E-state index contributed by atoms with van der Waals surface area (Å²) in [5.41, 5.74) is 3.80. The molecule has 0 bridgehead atoms. The van der Waals surface area contributed by atoms with Gasteiger partial charge in [-0.1, -0.05) is 30.3 Å². The molecular weight excluding hydrogens is 366 g/mol. The van der Waals surface area contributed by atoms with Gasteiger partial charge in [0.1, 0.15) is 5.75 Å². The maximum atomic E-state index is 9.90. The molecule has 2 atom stereocenters. The molecule has 0 saturated carbocycles. The molecule has 2 aliphatic heterocycles. The van der Waals surface area contributed by atoms with Gasteiger partial charge in [0.25, 0.3) is 0 Å². The Morgan fingerprint density at radius 1 is 1.17 bits per heavy atom. The van der Waals surface area contributed by atoms with Crippen LogP contribution in [0.3, 0.4) is 0 Å². The van der Waals surface area contributed by atoms with Crippen LogP contribution in [0.4, 0.5) is 0 Å². The van der Waals surface area contributed by atoms with E-state index in [0.29, 0.717) is 13.0 Å². The number of para-hydroxylation sites is 1. The van der Waals surface area contributed by atoms with E-state index >= 15 is 0 Å². The number of ether oxygens (including phenoxy) is 2. The van der Waals surface area contributed by atoms with Crippen LogP contribution in [0.25, 0.3) is 0 Å². The van der Waals surface area contributed by atoms with E-state index in [1.807, 2.05) is 48.3 Å². The Kier molecular flexibility index (Phi) is 4.31. The molecule has 1 N–H and O–H groups in total. The number of fused-ring (bicyclic) bond motifs is 3. The standard InChI is InChI=1S/C23H21N3O3/c1-2-28-21-10-4-9-18-20-13-19(15-6-3-8-17(27)12-15)25-26(20)23(29-22(18)21)16-7-5-11-24-14-16/h3-12,14,20,23,27H,2,13H2,1H3/t20-,23+/m0/s1. The highest BCUT2D eigenvalue weighted by Crippen LogP contribution is 2.50. The van der Waals surface area contributed by atoms with Gasteiger partial charge < -0.3 is 14.6 Å². The highest BCUT2D eigenvalue weighted by molar-refractivity contribution is 6.02. The number of hydrogen-bond acceptors (Lipinski definition) is 6. The van der Waals surface area contributed by atoms with Crippen molar-refractivity contribution in [1.82, 2.24) is 9.99 Å². The van der Waals surface area contributed by atoms with Gasteiger partial charge in [0.05, 0.1) is 18.4 Å². The quantitative estimate of drug-likeness (QED) is 0.717. The summed E-state index contributed by atoms with van der Waals surface area (Å²) in [6, 6.07) is 17.1. The van der Waals surface area contributed by atoms with Crippen LogP contribution in [-0.2, 0) is 0 Å². The summed E-state index contributed by atoms with van der Waals surface area (Å²) in [7, 11) is 0. The van der Waals surface area contributed by atoms with Crippen molar-refractivity contribution in [3.8, 4) is 17.2 Å². The van der Waals surface area contributed by atoms with E-state index in [4.69, 9.17) is 14.6 Å². The third-order valence-corrected chi connectivity index (χ3v) is 5.23. The van der Waals surface area contributed by atoms with Crippen molar-refractivity contribution in [3.63, 3.8) is 0 Å². The van der Waals surface area contributed by atoms with Crippen LogP contribution in [0.2, 0.25) is 0 Å². The van der Waals surface area contributed by atoms with Crippen LogP contribution in [0.1, 0.15) is 42.3 Å². The molecule has 5 rings (SSSR count). The maximum Gasteiger partial charge on any atom is 0.215 e. The van der Waals surface area contributed by atoms with Crippen molar-refractivity contribution in [2.24, 2.45) is 5.10 Å². The monoisotopic (exact) mass is 387 g/mol. The zero-order valence-electron chi connectivity index (χ0n) is 16.0. The van der Waals surface area contributed by atoms with Gasteiger partial charge in [-0.2, -0.15) is 5.10 Å². The molecule has 3 heterocycles.